The minimum absolute atomic E-state index is 0.0472. The van der Waals surface area contributed by atoms with Crippen LogP contribution in [0.5, 0.6) is 0 Å². The van der Waals surface area contributed by atoms with Crippen molar-refractivity contribution in [2.75, 3.05) is 7.11 Å². The van der Waals surface area contributed by atoms with Gasteiger partial charge >= 0.3 is 5.97 Å². The van der Waals surface area contributed by atoms with E-state index in [1.165, 1.54) is 18.2 Å². The summed E-state index contributed by atoms with van der Waals surface area (Å²) in [6.45, 7) is 1.72. The fraction of sp³-hybridized carbons (Fsp3) is 0.318. The van der Waals surface area contributed by atoms with Crippen LogP contribution in [-0.4, -0.2) is 24.0 Å². The molecule has 3 rings (SSSR count). The zero-order valence-corrected chi connectivity index (χ0v) is 14.7. The SMILES string of the molecule is COC(=O)[C@H]1CC=C[C@@H](N(Cc2ccccc2)Cc2ccccc2)C1. The first-order valence-corrected chi connectivity index (χ1v) is 8.82. The second-order valence-electron chi connectivity index (χ2n) is 6.56. The Morgan fingerprint density at radius 1 is 1.00 bits per heavy atom. The van der Waals surface area contributed by atoms with E-state index >= 15 is 0 Å². The zero-order valence-electron chi connectivity index (χ0n) is 14.7. The second-order valence-corrected chi connectivity index (χ2v) is 6.56. The maximum atomic E-state index is 12.0. The van der Waals surface area contributed by atoms with Crippen molar-refractivity contribution in [2.24, 2.45) is 5.92 Å². The largest absolute Gasteiger partial charge is 0.469 e. The molecule has 0 spiro atoms. The summed E-state index contributed by atoms with van der Waals surface area (Å²) in [5.74, 6) is -0.150. The normalized spacial score (nSPS) is 19.8. The van der Waals surface area contributed by atoms with Crippen LogP contribution < -0.4 is 0 Å². The number of hydrogen-bond acceptors (Lipinski definition) is 3. The van der Waals surface area contributed by atoms with Crippen LogP contribution in [0.2, 0.25) is 0 Å². The molecule has 0 N–H and O–H groups in total. The molecule has 0 radical (unpaired) electrons. The molecule has 3 heteroatoms. The molecule has 0 unspecified atom stereocenters. The van der Waals surface area contributed by atoms with Gasteiger partial charge in [0.1, 0.15) is 0 Å². The topological polar surface area (TPSA) is 29.5 Å². The Morgan fingerprint density at radius 2 is 1.56 bits per heavy atom. The highest BCUT2D eigenvalue weighted by Gasteiger charge is 2.28. The Kier molecular flexibility index (Phi) is 6.02. The average Bonchev–Trinajstić information content (AvgIpc) is 2.68. The molecular weight excluding hydrogens is 310 g/mol. The van der Waals surface area contributed by atoms with Crippen molar-refractivity contribution in [1.82, 2.24) is 4.90 Å². The number of carbonyl (C=O) groups excluding carboxylic acids is 1. The van der Waals surface area contributed by atoms with Gasteiger partial charge in [-0.3, -0.25) is 9.69 Å². The third-order valence-electron chi connectivity index (χ3n) is 4.77. The predicted molar refractivity (Wildman–Crippen MR) is 99.8 cm³/mol. The zero-order chi connectivity index (χ0) is 17.5. The van der Waals surface area contributed by atoms with Crippen LogP contribution in [0.15, 0.2) is 72.8 Å². The van der Waals surface area contributed by atoms with E-state index in [0.29, 0.717) is 0 Å². The number of carbonyl (C=O) groups is 1. The molecule has 2 atom stereocenters. The summed E-state index contributed by atoms with van der Waals surface area (Å²) in [5, 5.41) is 0. The molecule has 0 saturated heterocycles. The van der Waals surface area contributed by atoms with Gasteiger partial charge in [-0.2, -0.15) is 0 Å². The van der Waals surface area contributed by atoms with Crippen LogP contribution >= 0.6 is 0 Å². The maximum Gasteiger partial charge on any atom is 0.309 e. The van der Waals surface area contributed by atoms with E-state index in [1.807, 2.05) is 12.1 Å². The van der Waals surface area contributed by atoms with E-state index < -0.39 is 0 Å². The van der Waals surface area contributed by atoms with E-state index in [-0.39, 0.29) is 17.9 Å². The Morgan fingerprint density at radius 3 is 2.08 bits per heavy atom. The minimum atomic E-state index is -0.103. The Bertz CT molecular complexity index is 655. The first kappa shape index (κ1) is 17.4. The van der Waals surface area contributed by atoms with Crippen molar-refractivity contribution < 1.29 is 9.53 Å². The first-order valence-electron chi connectivity index (χ1n) is 8.82. The summed E-state index contributed by atoms with van der Waals surface area (Å²) in [5.41, 5.74) is 2.57. The third-order valence-corrected chi connectivity index (χ3v) is 4.77. The molecule has 130 valence electrons. The Balaban J connectivity index is 1.79. The van der Waals surface area contributed by atoms with E-state index in [1.54, 1.807) is 0 Å². The van der Waals surface area contributed by atoms with Crippen LogP contribution in [0, 0.1) is 5.92 Å². The van der Waals surface area contributed by atoms with E-state index in [2.05, 4.69) is 65.6 Å². The predicted octanol–water partition coefficient (Wildman–Crippen LogP) is 4.20. The standard InChI is InChI=1S/C22H25NO2/c1-25-22(24)20-13-8-14-21(15-20)23(16-18-9-4-2-5-10-18)17-19-11-6-3-7-12-19/h2-12,14,20-21H,13,15-17H2,1H3/t20-,21+/m0/s1. The van der Waals surface area contributed by atoms with E-state index in [9.17, 15) is 4.79 Å². The van der Waals surface area contributed by atoms with Gasteiger partial charge in [-0.05, 0) is 24.0 Å². The molecule has 1 aliphatic rings. The summed E-state index contributed by atoms with van der Waals surface area (Å²) in [6.07, 6.45) is 5.95. The average molecular weight is 335 g/mol. The number of esters is 1. The number of ether oxygens (including phenoxy) is 1. The number of nitrogens with zero attached hydrogens (tertiary/aromatic N) is 1. The highest BCUT2D eigenvalue weighted by atomic mass is 16.5. The molecule has 0 saturated carbocycles. The lowest BCUT2D eigenvalue weighted by Crippen LogP contribution is -2.37. The van der Waals surface area contributed by atoms with Gasteiger partial charge < -0.3 is 4.74 Å². The van der Waals surface area contributed by atoms with Crippen molar-refractivity contribution in [1.29, 1.82) is 0 Å². The van der Waals surface area contributed by atoms with Crippen LogP contribution in [0.3, 0.4) is 0 Å². The fourth-order valence-corrected chi connectivity index (χ4v) is 3.42. The molecule has 0 bridgehead atoms. The van der Waals surface area contributed by atoms with Crippen molar-refractivity contribution in [2.45, 2.75) is 32.0 Å². The van der Waals surface area contributed by atoms with Gasteiger partial charge in [0.05, 0.1) is 13.0 Å². The summed E-state index contributed by atoms with van der Waals surface area (Å²) < 4.78 is 4.96. The van der Waals surface area contributed by atoms with Gasteiger partial charge in [0.15, 0.2) is 0 Å². The number of rotatable bonds is 6. The summed E-state index contributed by atoms with van der Waals surface area (Å²) in [6, 6.07) is 21.2. The van der Waals surface area contributed by atoms with Crippen LogP contribution in [0.1, 0.15) is 24.0 Å². The lowest BCUT2D eigenvalue weighted by molar-refractivity contribution is -0.146. The molecule has 0 aromatic heterocycles. The van der Waals surface area contributed by atoms with Crippen LogP contribution in [0.4, 0.5) is 0 Å². The number of benzene rings is 2. The second kappa shape index (κ2) is 8.63. The molecule has 2 aromatic carbocycles. The molecule has 1 aliphatic carbocycles. The molecule has 3 nitrogen and oxygen atoms in total. The van der Waals surface area contributed by atoms with E-state index in [4.69, 9.17) is 4.74 Å². The number of hydrogen-bond donors (Lipinski definition) is 0. The summed E-state index contributed by atoms with van der Waals surface area (Å²) >= 11 is 0. The molecule has 0 amide bonds. The van der Waals surface area contributed by atoms with Gasteiger partial charge in [-0.15, -0.1) is 0 Å². The fourth-order valence-electron chi connectivity index (χ4n) is 3.42. The van der Waals surface area contributed by atoms with Crippen LogP contribution in [0.25, 0.3) is 0 Å². The smallest absolute Gasteiger partial charge is 0.309 e. The molecule has 25 heavy (non-hydrogen) atoms. The molecular formula is C22H25NO2. The Hall–Kier alpha value is -2.39. The van der Waals surface area contributed by atoms with Crippen molar-refractivity contribution in [3.63, 3.8) is 0 Å². The number of allylic oxidation sites excluding steroid dienone is 1. The molecule has 2 aromatic rings. The molecule has 0 aliphatic heterocycles. The molecule has 0 heterocycles. The van der Waals surface area contributed by atoms with Gasteiger partial charge in [0.25, 0.3) is 0 Å². The first-order chi connectivity index (χ1) is 12.3. The highest BCUT2D eigenvalue weighted by Crippen LogP contribution is 2.26. The van der Waals surface area contributed by atoms with Crippen LogP contribution in [-0.2, 0) is 22.6 Å². The summed E-state index contributed by atoms with van der Waals surface area (Å²) in [7, 11) is 1.47. The van der Waals surface area contributed by atoms with Gasteiger partial charge in [-0.25, -0.2) is 0 Å². The third kappa shape index (κ3) is 4.80. The summed E-state index contributed by atoms with van der Waals surface area (Å²) in [4.78, 5) is 14.4. The molecule has 0 fully saturated rings. The van der Waals surface area contributed by atoms with Gasteiger partial charge in [0.2, 0.25) is 0 Å². The lowest BCUT2D eigenvalue weighted by atomic mass is 9.89. The van der Waals surface area contributed by atoms with Gasteiger partial charge in [-0.1, -0.05) is 72.8 Å². The Labute approximate surface area is 149 Å². The maximum absolute atomic E-state index is 12.0. The van der Waals surface area contributed by atoms with Crippen molar-refractivity contribution in [3.8, 4) is 0 Å². The van der Waals surface area contributed by atoms with Gasteiger partial charge in [0, 0.05) is 19.1 Å². The van der Waals surface area contributed by atoms with Crippen molar-refractivity contribution >= 4 is 5.97 Å². The quantitative estimate of drug-likeness (QED) is 0.585. The van der Waals surface area contributed by atoms with E-state index in [0.717, 1.165) is 25.9 Å². The number of methoxy groups -OCH3 is 1. The monoisotopic (exact) mass is 335 g/mol. The highest BCUT2D eigenvalue weighted by molar-refractivity contribution is 5.72. The minimum Gasteiger partial charge on any atom is -0.469 e. The van der Waals surface area contributed by atoms with Crippen molar-refractivity contribution in [3.05, 3.63) is 83.9 Å². The lowest BCUT2D eigenvalue weighted by Gasteiger charge is -2.34.